The summed E-state index contributed by atoms with van der Waals surface area (Å²) >= 11 is 0. The van der Waals surface area contributed by atoms with Crippen molar-refractivity contribution in [3.05, 3.63) is 53.7 Å². The molecule has 1 aliphatic rings. The summed E-state index contributed by atoms with van der Waals surface area (Å²) in [6, 6.07) is 7.44. The monoisotopic (exact) mass is 289 g/mol. The summed E-state index contributed by atoms with van der Waals surface area (Å²) in [6.07, 6.45) is 3.69. The third kappa shape index (κ3) is 3.31. The molecule has 1 heterocycles. The molecule has 1 aromatic heterocycles. The molecule has 1 saturated carbocycles. The minimum Gasteiger partial charge on any atom is -0.507 e. The van der Waals surface area contributed by atoms with Crippen LogP contribution in [0.15, 0.2) is 41.0 Å². The maximum absolute atomic E-state index is 13.2. The summed E-state index contributed by atoms with van der Waals surface area (Å²) < 4.78 is 18.5. The Kier molecular flexibility index (Phi) is 3.75. The Balaban J connectivity index is 1.73. The van der Waals surface area contributed by atoms with Gasteiger partial charge in [0.1, 0.15) is 17.3 Å². The van der Waals surface area contributed by atoms with Gasteiger partial charge in [-0.3, -0.25) is 9.69 Å². The van der Waals surface area contributed by atoms with Gasteiger partial charge in [0.15, 0.2) is 5.78 Å². The average molecular weight is 289 g/mol. The van der Waals surface area contributed by atoms with Crippen LogP contribution < -0.4 is 0 Å². The summed E-state index contributed by atoms with van der Waals surface area (Å²) in [5.41, 5.74) is 0.0279. The lowest BCUT2D eigenvalue weighted by Crippen LogP contribution is -2.31. The van der Waals surface area contributed by atoms with Crippen molar-refractivity contribution in [2.24, 2.45) is 0 Å². The van der Waals surface area contributed by atoms with Gasteiger partial charge in [-0.15, -0.1) is 0 Å². The molecule has 2 aromatic rings. The Bertz CT molecular complexity index is 635. The summed E-state index contributed by atoms with van der Waals surface area (Å²) in [7, 11) is 0. The van der Waals surface area contributed by atoms with Crippen molar-refractivity contribution in [2.45, 2.75) is 25.4 Å². The lowest BCUT2D eigenvalue weighted by Gasteiger charge is -2.20. The number of carbonyl (C=O) groups excluding carboxylic acids is 1. The quantitative estimate of drug-likeness (QED) is 0.831. The van der Waals surface area contributed by atoms with Crippen LogP contribution >= 0.6 is 0 Å². The highest BCUT2D eigenvalue weighted by molar-refractivity contribution is 6.00. The molecule has 0 atom stereocenters. The van der Waals surface area contributed by atoms with E-state index < -0.39 is 5.82 Å². The molecule has 5 heteroatoms. The second-order valence-corrected chi connectivity index (χ2v) is 5.30. The number of rotatable bonds is 6. The predicted octanol–water partition coefficient (Wildman–Crippen LogP) is 2.97. The molecule has 110 valence electrons. The molecule has 0 aliphatic heterocycles. The van der Waals surface area contributed by atoms with E-state index in [0.717, 1.165) is 30.7 Å². The molecule has 1 aliphatic carbocycles. The number of phenolic OH excluding ortho intramolecular Hbond substituents is 1. The largest absolute Gasteiger partial charge is 0.507 e. The number of ketones is 1. The summed E-state index contributed by atoms with van der Waals surface area (Å²) in [5, 5.41) is 9.70. The lowest BCUT2D eigenvalue weighted by atomic mass is 10.1. The van der Waals surface area contributed by atoms with E-state index >= 15 is 0 Å². The average Bonchev–Trinajstić information content (AvgIpc) is 3.19. The highest BCUT2D eigenvalue weighted by Gasteiger charge is 2.31. The number of nitrogens with zero attached hydrogens (tertiary/aromatic N) is 1. The lowest BCUT2D eigenvalue weighted by molar-refractivity contribution is 0.0910. The van der Waals surface area contributed by atoms with Crippen molar-refractivity contribution in [1.29, 1.82) is 0 Å². The molecule has 1 N–H and O–H groups in total. The number of carbonyl (C=O) groups is 1. The zero-order valence-electron chi connectivity index (χ0n) is 11.5. The van der Waals surface area contributed by atoms with Crippen LogP contribution in [0.25, 0.3) is 0 Å². The normalized spacial score (nSPS) is 14.6. The van der Waals surface area contributed by atoms with Gasteiger partial charge in [-0.05, 0) is 43.2 Å². The molecule has 0 saturated heterocycles. The first-order valence-corrected chi connectivity index (χ1v) is 6.91. The van der Waals surface area contributed by atoms with Crippen molar-refractivity contribution in [2.75, 3.05) is 6.54 Å². The molecule has 0 bridgehead atoms. The number of furan rings is 1. The fourth-order valence-electron chi connectivity index (χ4n) is 2.36. The van der Waals surface area contributed by atoms with Crippen molar-refractivity contribution in [3.63, 3.8) is 0 Å². The van der Waals surface area contributed by atoms with Crippen molar-refractivity contribution in [3.8, 4) is 5.75 Å². The number of halogens is 1. The van der Waals surface area contributed by atoms with Crippen LogP contribution in [-0.4, -0.2) is 28.4 Å². The Morgan fingerprint density at radius 3 is 2.86 bits per heavy atom. The zero-order chi connectivity index (χ0) is 14.8. The third-order valence-electron chi connectivity index (χ3n) is 3.61. The molecule has 1 fully saturated rings. The van der Waals surface area contributed by atoms with Gasteiger partial charge in [0, 0.05) is 6.04 Å². The summed E-state index contributed by atoms with van der Waals surface area (Å²) in [5.74, 6) is -0.209. The maximum Gasteiger partial charge on any atom is 0.180 e. The van der Waals surface area contributed by atoms with Gasteiger partial charge in [0.05, 0.1) is 24.9 Å². The minimum absolute atomic E-state index is 0.0279. The van der Waals surface area contributed by atoms with Gasteiger partial charge in [-0.2, -0.15) is 0 Å². The number of hydrogen-bond acceptors (Lipinski definition) is 4. The van der Waals surface area contributed by atoms with Crippen molar-refractivity contribution < 1.29 is 18.7 Å². The number of hydrogen-bond donors (Lipinski definition) is 1. The second kappa shape index (κ2) is 5.69. The predicted molar refractivity (Wildman–Crippen MR) is 74.5 cm³/mol. The van der Waals surface area contributed by atoms with E-state index in [0.29, 0.717) is 12.6 Å². The standard InChI is InChI=1S/C16H16FNO3/c17-11-3-6-15(19)14(8-11)16(20)10-18(12-4-5-12)9-13-2-1-7-21-13/h1-3,6-8,12,19H,4-5,9-10H2. The van der Waals surface area contributed by atoms with Crippen molar-refractivity contribution in [1.82, 2.24) is 4.90 Å². The van der Waals surface area contributed by atoms with Gasteiger partial charge in [0.25, 0.3) is 0 Å². The highest BCUT2D eigenvalue weighted by Crippen LogP contribution is 2.29. The Morgan fingerprint density at radius 1 is 1.38 bits per heavy atom. The molecule has 21 heavy (non-hydrogen) atoms. The molecule has 0 amide bonds. The van der Waals surface area contributed by atoms with Crippen molar-refractivity contribution >= 4 is 5.78 Å². The van der Waals surface area contributed by atoms with E-state index in [9.17, 15) is 14.3 Å². The van der Waals surface area contributed by atoms with Crippen LogP contribution in [0.2, 0.25) is 0 Å². The smallest absolute Gasteiger partial charge is 0.180 e. The van der Waals surface area contributed by atoms with E-state index in [1.54, 1.807) is 12.3 Å². The van der Waals surface area contributed by atoms with Gasteiger partial charge >= 0.3 is 0 Å². The van der Waals surface area contributed by atoms with Gasteiger partial charge in [-0.25, -0.2) is 4.39 Å². The van der Waals surface area contributed by atoms with E-state index in [2.05, 4.69) is 0 Å². The van der Waals surface area contributed by atoms with E-state index in [4.69, 9.17) is 4.42 Å². The van der Waals surface area contributed by atoms with E-state index in [-0.39, 0.29) is 23.6 Å². The maximum atomic E-state index is 13.2. The molecule has 3 rings (SSSR count). The topological polar surface area (TPSA) is 53.7 Å². The second-order valence-electron chi connectivity index (χ2n) is 5.30. The van der Waals surface area contributed by atoms with Gasteiger partial charge in [-0.1, -0.05) is 0 Å². The van der Waals surface area contributed by atoms with E-state index in [1.807, 2.05) is 11.0 Å². The number of aromatic hydroxyl groups is 1. The number of benzene rings is 1. The van der Waals surface area contributed by atoms with E-state index in [1.165, 1.54) is 6.07 Å². The molecular weight excluding hydrogens is 273 g/mol. The fourth-order valence-corrected chi connectivity index (χ4v) is 2.36. The Labute approximate surface area is 121 Å². The first-order chi connectivity index (χ1) is 10.1. The van der Waals surface area contributed by atoms with Crippen LogP contribution in [-0.2, 0) is 6.54 Å². The Hall–Kier alpha value is -2.14. The molecule has 0 spiro atoms. The molecule has 4 nitrogen and oxygen atoms in total. The molecule has 0 radical (unpaired) electrons. The number of Topliss-reactive ketones (excluding diaryl/α,β-unsaturated/α-hetero) is 1. The highest BCUT2D eigenvalue weighted by atomic mass is 19.1. The van der Waals surface area contributed by atoms with Crippen LogP contribution in [0.1, 0.15) is 29.0 Å². The summed E-state index contributed by atoms with van der Waals surface area (Å²) in [4.78, 5) is 14.3. The molecular formula is C16H16FNO3. The first-order valence-electron chi connectivity index (χ1n) is 6.91. The van der Waals surface area contributed by atoms with Crippen LogP contribution in [0.5, 0.6) is 5.75 Å². The SMILES string of the molecule is O=C(CN(Cc1ccco1)C1CC1)c1cc(F)ccc1O. The summed E-state index contributed by atoms with van der Waals surface area (Å²) in [6.45, 7) is 0.682. The zero-order valence-corrected chi connectivity index (χ0v) is 11.5. The molecule has 1 aromatic carbocycles. The minimum atomic E-state index is -0.528. The van der Waals surface area contributed by atoms with Gasteiger partial charge < -0.3 is 9.52 Å². The molecule has 0 unspecified atom stereocenters. The fraction of sp³-hybridized carbons (Fsp3) is 0.312. The Morgan fingerprint density at radius 2 is 2.19 bits per heavy atom. The van der Waals surface area contributed by atoms with Crippen LogP contribution in [0.3, 0.4) is 0 Å². The first kappa shape index (κ1) is 13.8. The third-order valence-corrected chi connectivity index (χ3v) is 3.61. The van der Waals surface area contributed by atoms with Crippen LogP contribution in [0, 0.1) is 5.82 Å². The number of phenols is 1. The van der Waals surface area contributed by atoms with Crippen LogP contribution in [0.4, 0.5) is 4.39 Å². The van der Waals surface area contributed by atoms with Gasteiger partial charge in [0.2, 0.25) is 0 Å².